The molecule has 0 spiro atoms. The zero-order chi connectivity index (χ0) is 15.2. The normalized spacial score (nSPS) is 10.2. The van der Waals surface area contributed by atoms with Crippen molar-refractivity contribution in [2.24, 2.45) is 0 Å². The number of hydrogen-bond acceptors (Lipinski definition) is 2. The molecular weight excluding hydrogens is 354 g/mol. The molecule has 2 aromatic rings. The molecule has 21 heavy (non-hydrogen) atoms. The van der Waals surface area contributed by atoms with Crippen molar-refractivity contribution in [3.63, 3.8) is 0 Å². The first-order valence-electron chi connectivity index (χ1n) is 6.60. The van der Waals surface area contributed by atoms with Crippen molar-refractivity contribution in [1.29, 1.82) is 0 Å². The molecule has 2 rings (SSSR count). The van der Waals surface area contributed by atoms with Gasteiger partial charge in [-0.3, -0.25) is 4.79 Å². The third-order valence-corrected chi connectivity index (χ3v) is 3.59. The SMILES string of the molecule is CCCOc1ccc(Br)cc1C(=O)Nc1ccccc1Cl. The van der Waals surface area contributed by atoms with Crippen molar-refractivity contribution in [2.75, 3.05) is 11.9 Å². The molecule has 0 atom stereocenters. The smallest absolute Gasteiger partial charge is 0.259 e. The molecule has 0 fully saturated rings. The second kappa shape index (κ2) is 7.48. The fraction of sp³-hybridized carbons (Fsp3) is 0.188. The van der Waals surface area contributed by atoms with E-state index in [4.69, 9.17) is 16.3 Å². The Morgan fingerprint density at radius 3 is 2.76 bits per heavy atom. The average Bonchev–Trinajstić information content (AvgIpc) is 2.48. The molecule has 0 radical (unpaired) electrons. The van der Waals surface area contributed by atoms with Gasteiger partial charge in [-0.2, -0.15) is 0 Å². The number of rotatable bonds is 5. The molecule has 0 heterocycles. The van der Waals surface area contributed by atoms with Gasteiger partial charge in [-0.15, -0.1) is 0 Å². The van der Waals surface area contributed by atoms with Gasteiger partial charge in [0, 0.05) is 4.47 Å². The van der Waals surface area contributed by atoms with Crippen LogP contribution < -0.4 is 10.1 Å². The van der Waals surface area contributed by atoms with Gasteiger partial charge in [-0.05, 0) is 36.8 Å². The summed E-state index contributed by atoms with van der Waals surface area (Å²) >= 11 is 9.43. The van der Waals surface area contributed by atoms with Crippen LogP contribution in [-0.2, 0) is 0 Å². The number of anilines is 1. The summed E-state index contributed by atoms with van der Waals surface area (Å²) in [4.78, 5) is 12.4. The molecule has 0 aliphatic heterocycles. The van der Waals surface area contributed by atoms with Gasteiger partial charge in [-0.1, -0.05) is 46.6 Å². The van der Waals surface area contributed by atoms with Gasteiger partial charge in [-0.25, -0.2) is 0 Å². The Labute approximate surface area is 137 Å². The zero-order valence-corrected chi connectivity index (χ0v) is 13.9. The summed E-state index contributed by atoms with van der Waals surface area (Å²) < 4.78 is 6.43. The van der Waals surface area contributed by atoms with Gasteiger partial charge in [0.05, 0.1) is 22.9 Å². The summed E-state index contributed by atoms with van der Waals surface area (Å²) in [6.45, 7) is 2.58. The number of carbonyl (C=O) groups is 1. The fourth-order valence-corrected chi connectivity index (χ4v) is 2.31. The molecule has 0 unspecified atom stereocenters. The number of carbonyl (C=O) groups excluding carboxylic acids is 1. The van der Waals surface area contributed by atoms with Gasteiger partial charge < -0.3 is 10.1 Å². The number of nitrogens with one attached hydrogen (secondary N) is 1. The van der Waals surface area contributed by atoms with Crippen LogP contribution in [-0.4, -0.2) is 12.5 Å². The van der Waals surface area contributed by atoms with Crippen LogP contribution in [0.3, 0.4) is 0 Å². The van der Waals surface area contributed by atoms with E-state index < -0.39 is 0 Å². The second-order valence-corrected chi connectivity index (χ2v) is 5.75. The van der Waals surface area contributed by atoms with Crippen molar-refractivity contribution >= 4 is 39.1 Å². The predicted molar refractivity (Wildman–Crippen MR) is 89.3 cm³/mol. The Balaban J connectivity index is 2.25. The lowest BCUT2D eigenvalue weighted by Crippen LogP contribution is -2.14. The van der Waals surface area contributed by atoms with Crippen molar-refractivity contribution in [3.05, 3.63) is 57.5 Å². The van der Waals surface area contributed by atoms with Crippen molar-refractivity contribution in [2.45, 2.75) is 13.3 Å². The molecule has 0 aromatic heterocycles. The highest BCUT2D eigenvalue weighted by molar-refractivity contribution is 9.10. The van der Waals surface area contributed by atoms with Gasteiger partial charge in [0.25, 0.3) is 5.91 Å². The van der Waals surface area contributed by atoms with Crippen LogP contribution in [0.15, 0.2) is 46.9 Å². The summed E-state index contributed by atoms with van der Waals surface area (Å²) in [7, 11) is 0. The first-order chi connectivity index (χ1) is 10.1. The topological polar surface area (TPSA) is 38.3 Å². The quantitative estimate of drug-likeness (QED) is 0.793. The number of amides is 1. The van der Waals surface area contributed by atoms with Crippen LogP contribution in [0.1, 0.15) is 23.7 Å². The maximum atomic E-state index is 12.4. The van der Waals surface area contributed by atoms with Crippen LogP contribution in [0.4, 0.5) is 5.69 Å². The van der Waals surface area contributed by atoms with Crippen LogP contribution in [0.5, 0.6) is 5.75 Å². The molecule has 1 amide bonds. The van der Waals surface area contributed by atoms with Crippen LogP contribution in [0, 0.1) is 0 Å². The van der Waals surface area contributed by atoms with E-state index in [-0.39, 0.29) is 5.91 Å². The van der Waals surface area contributed by atoms with Crippen molar-refractivity contribution in [1.82, 2.24) is 0 Å². The Hall–Kier alpha value is -1.52. The third-order valence-electron chi connectivity index (χ3n) is 2.77. The number of halogens is 2. The molecule has 0 saturated carbocycles. The molecule has 0 aliphatic carbocycles. The first-order valence-corrected chi connectivity index (χ1v) is 7.77. The molecule has 2 aromatic carbocycles. The summed E-state index contributed by atoms with van der Waals surface area (Å²) in [6.07, 6.45) is 0.877. The zero-order valence-electron chi connectivity index (χ0n) is 11.5. The average molecular weight is 369 g/mol. The fourth-order valence-electron chi connectivity index (χ4n) is 1.77. The molecular formula is C16H15BrClNO2. The minimum atomic E-state index is -0.254. The van der Waals surface area contributed by atoms with E-state index in [2.05, 4.69) is 21.2 Å². The Bertz CT molecular complexity index is 646. The molecule has 1 N–H and O–H groups in total. The van der Waals surface area contributed by atoms with E-state index in [1.807, 2.05) is 25.1 Å². The lowest BCUT2D eigenvalue weighted by molar-refractivity contribution is 0.102. The van der Waals surface area contributed by atoms with Gasteiger partial charge in [0.1, 0.15) is 5.75 Å². The van der Waals surface area contributed by atoms with E-state index in [9.17, 15) is 4.79 Å². The monoisotopic (exact) mass is 367 g/mol. The Morgan fingerprint density at radius 2 is 2.05 bits per heavy atom. The van der Waals surface area contributed by atoms with Crippen LogP contribution in [0.25, 0.3) is 0 Å². The van der Waals surface area contributed by atoms with E-state index in [0.29, 0.717) is 28.6 Å². The van der Waals surface area contributed by atoms with E-state index >= 15 is 0 Å². The highest BCUT2D eigenvalue weighted by Crippen LogP contribution is 2.26. The molecule has 5 heteroatoms. The molecule has 0 aliphatic rings. The maximum absolute atomic E-state index is 12.4. The van der Waals surface area contributed by atoms with Gasteiger partial charge in [0.15, 0.2) is 0 Å². The summed E-state index contributed by atoms with van der Waals surface area (Å²) in [5.41, 5.74) is 1.04. The van der Waals surface area contributed by atoms with E-state index in [1.165, 1.54) is 0 Å². The number of para-hydroxylation sites is 1. The minimum Gasteiger partial charge on any atom is -0.493 e. The predicted octanol–water partition coefficient (Wildman–Crippen LogP) is 5.14. The first kappa shape index (κ1) is 15.9. The van der Waals surface area contributed by atoms with Gasteiger partial charge in [0.2, 0.25) is 0 Å². The lowest BCUT2D eigenvalue weighted by atomic mass is 10.2. The van der Waals surface area contributed by atoms with Crippen molar-refractivity contribution < 1.29 is 9.53 Å². The largest absolute Gasteiger partial charge is 0.493 e. The second-order valence-electron chi connectivity index (χ2n) is 4.42. The van der Waals surface area contributed by atoms with E-state index in [1.54, 1.807) is 24.3 Å². The molecule has 0 bridgehead atoms. The van der Waals surface area contributed by atoms with E-state index in [0.717, 1.165) is 10.9 Å². The lowest BCUT2D eigenvalue weighted by Gasteiger charge is -2.12. The van der Waals surface area contributed by atoms with Crippen molar-refractivity contribution in [3.8, 4) is 5.75 Å². The molecule has 110 valence electrons. The minimum absolute atomic E-state index is 0.254. The highest BCUT2D eigenvalue weighted by Gasteiger charge is 2.14. The van der Waals surface area contributed by atoms with Crippen LogP contribution in [0.2, 0.25) is 5.02 Å². The number of ether oxygens (including phenoxy) is 1. The summed E-state index contributed by atoms with van der Waals surface area (Å²) in [5.74, 6) is 0.306. The number of hydrogen-bond donors (Lipinski definition) is 1. The maximum Gasteiger partial charge on any atom is 0.259 e. The third kappa shape index (κ3) is 4.22. The Morgan fingerprint density at radius 1 is 1.29 bits per heavy atom. The highest BCUT2D eigenvalue weighted by atomic mass is 79.9. The number of benzene rings is 2. The standard InChI is InChI=1S/C16H15BrClNO2/c1-2-9-21-15-8-7-11(17)10-12(15)16(20)19-14-6-4-3-5-13(14)18/h3-8,10H,2,9H2,1H3,(H,19,20). The summed E-state index contributed by atoms with van der Waals surface area (Å²) in [5, 5.41) is 3.30. The molecule has 3 nitrogen and oxygen atoms in total. The Kier molecular flexibility index (Phi) is 5.65. The summed E-state index contributed by atoms with van der Waals surface area (Å²) in [6, 6.07) is 12.5. The van der Waals surface area contributed by atoms with Gasteiger partial charge >= 0.3 is 0 Å². The molecule has 0 saturated heterocycles. The van der Waals surface area contributed by atoms with Crippen LogP contribution >= 0.6 is 27.5 Å².